The summed E-state index contributed by atoms with van der Waals surface area (Å²) in [6, 6.07) is 10.1. The molecule has 1 amide bonds. The maximum atomic E-state index is 12.1. The molecule has 0 unspecified atom stereocenters. The van der Waals surface area contributed by atoms with Crippen LogP contribution >= 0.6 is 23.2 Å². The number of hydrogen-bond donors (Lipinski definition) is 1. The minimum absolute atomic E-state index is 0.0792. The highest BCUT2D eigenvalue weighted by Crippen LogP contribution is 2.26. The number of hydrogen-bond acceptors (Lipinski definition) is 6. The highest BCUT2D eigenvalue weighted by Gasteiger charge is 2.20. The Balaban J connectivity index is 1.89. The Kier molecular flexibility index (Phi) is 6.98. The molecule has 0 saturated carbocycles. The second-order valence-electron chi connectivity index (χ2n) is 5.26. The third-order valence-corrected chi connectivity index (χ3v) is 3.82. The number of nitrogens with zero attached hydrogens (tertiary/aromatic N) is 1. The fraction of sp³-hybridized carbons (Fsp3) is 0.176. The average Bonchev–Trinajstić information content (AvgIpc) is 2.62. The maximum Gasteiger partial charge on any atom is 0.344 e. The number of ether oxygens (including phenoxy) is 2. The SMILES string of the molecule is C[C@H](OC(=O)COc1ccccc1[N+](=O)[O-])C(=O)Nc1ccc(Cl)cc1Cl. The number of carbonyl (C=O) groups excluding carboxylic acids is 2. The largest absolute Gasteiger partial charge is 0.475 e. The van der Waals surface area contributed by atoms with Crippen LogP contribution in [0.3, 0.4) is 0 Å². The molecule has 0 aliphatic rings. The summed E-state index contributed by atoms with van der Waals surface area (Å²) in [4.78, 5) is 34.2. The van der Waals surface area contributed by atoms with Crippen molar-refractivity contribution < 1.29 is 24.0 Å². The van der Waals surface area contributed by atoms with Gasteiger partial charge in [0, 0.05) is 11.1 Å². The number of esters is 1. The van der Waals surface area contributed by atoms with E-state index in [4.69, 9.17) is 32.7 Å². The number of carbonyl (C=O) groups is 2. The zero-order chi connectivity index (χ0) is 20.0. The standard InChI is InChI=1S/C17H14Cl2N2O6/c1-10(17(23)20-13-7-6-11(18)8-12(13)19)27-16(22)9-26-15-5-3-2-4-14(15)21(24)25/h2-8,10H,9H2,1H3,(H,20,23)/t10-/m0/s1. The lowest BCUT2D eigenvalue weighted by Gasteiger charge is -2.14. The van der Waals surface area contributed by atoms with Gasteiger partial charge < -0.3 is 14.8 Å². The van der Waals surface area contributed by atoms with Crippen molar-refractivity contribution in [3.63, 3.8) is 0 Å². The minimum atomic E-state index is -1.14. The first kappa shape index (κ1) is 20.5. The van der Waals surface area contributed by atoms with Gasteiger partial charge in [-0.25, -0.2) is 4.79 Å². The summed E-state index contributed by atoms with van der Waals surface area (Å²) in [6.45, 7) is 0.770. The molecule has 2 aromatic rings. The topological polar surface area (TPSA) is 108 Å². The first-order valence-corrected chi connectivity index (χ1v) is 8.35. The number of nitro benzene ring substituents is 1. The lowest BCUT2D eigenvalue weighted by atomic mass is 10.3. The molecule has 10 heteroatoms. The van der Waals surface area contributed by atoms with Gasteiger partial charge in [0.2, 0.25) is 0 Å². The van der Waals surface area contributed by atoms with Crippen LogP contribution in [0.4, 0.5) is 11.4 Å². The van der Waals surface area contributed by atoms with E-state index < -0.39 is 29.5 Å². The fourth-order valence-electron chi connectivity index (χ4n) is 1.98. The van der Waals surface area contributed by atoms with Crippen molar-refractivity contribution >= 4 is 46.5 Å². The summed E-state index contributed by atoms with van der Waals surface area (Å²) in [5, 5.41) is 14.0. The van der Waals surface area contributed by atoms with Gasteiger partial charge in [0.15, 0.2) is 18.5 Å². The Morgan fingerprint density at radius 2 is 1.93 bits per heavy atom. The number of nitrogens with one attached hydrogen (secondary N) is 1. The molecule has 2 rings (SSSR count). The van der Waals surface area contributed by atoms with Crippen molar-refractivity contribution in [1.82, 2.24) is 0 Å². The molecule has 0 aliphatic carbocycles. The molecule has 0 aromatic heterocycles. The molecule has 0 heterocycles. The number of nitro groups is 1. The predicted molar refractivity (Wildman–Crippen MR) is 99.2 cm³/mol. The van der Waals surface area contributed by atoms with Gasteiger partial charge in [0.05, 0.1) is 15.6 Å². The molecule has 1 atom stereocenters. The first-order chi connectivity index (χ1) is 12.8. The highest BCUT2D eigenvalue weighted by molar-refractivity contribution is 6.36. The van der Waals surface area contributed by atoms with Crippen LogP contribution in [-0.4, -0.2) is 29.5 Å². The number of anilines is 1. The monoisotopic (exact) mass is 412 g/mol. The summed E-state index contributed by atoms with van der Waals surface area (Å²) >= 11 is 11.7. The first-order valence-electron chi connectivity index (χ1n) is 7.59. The van der Waals surface area contributed by atoms with E-state index in [2.05, 4.69) is 5.32 Å². The van der Waals surface area contributed by atoms with Crippen LogP contribution in [0, 0.1) is 10.1 Å². The van der Waals surface area contributed by atoms with Crippen molar-refractivity contribution in [2.24, 2.45) is 0 Å². The molecule has 0 fully saturated rings. The van der Waals surface area contributed by atoms with Crippen LogP contribution in [0.5, 0.6) is 5.75 Å². The summed E-state index contributed by atoms with van der Waals surface area (Å²) in [6.07, 6.45) is -1.14. The fourth-order valence-corrected chi connectivity index (χ4v) is 2.43. The number of halogens is 2. The summed E-state index contributed by atoms with van der Waals surface area (Å²) in [7, 11) is 0. The molecule has 1 N–H and O–H groups in total. The lowest BCUT2D eigenvalue weighted by Crippen LogP contribution is -2.31. The van der Waals surface area contributed by atoms with E-state index in [1.54, 1.807) is 6.07 Å². The van der Waals surface area contributed by atoms with E-state index in [9.17, 15) is 19.7 Å². The third kappa shape index (κ3) is 5.83. The number of rotatable bonds is 7. The van der Waals surface area contributed by atoms with Crippen molar-refractivity contribution in [3.8, 4) is 5.75 Å². The van der Waals surface area contributed by atoms with Crippen LogP contribution in [0.1, 0.15) is 6.92 Å². The molecule has 0 radical (unpaired) electrons. The van der Waals surface area contributed by atoms with Crippen molar-refractivity contribution in [2.45, 2.75) is 13.0 Å². The van der Waals surface area contributed by atoms with E-state index in [0.717, 1.165) is 0 Å². The van der Waals surface area contributed by atoms with Gasteiger partial charge in [-0.2, -0.15) is 0 Å². The zero-order valence-electron chi connectivity index (χ0n) is 14.0. The predicted octanol–water partition coefficient (Wildman–Crippen LogP) is 3.85. The molecular formula is C17H14Cl2N2O6. The minimum Gasteiger partial charge on any atom is -0.475 e. The maximum absolute atomic E-state index is 12.1. The number of amides is 1. The Labute approximate surface area is 164 Å². The Bertz CT molecular complexity index is 874. The smallest absolute Gasteiger partial charge is 0.344 e. The van der Waals surface area contributed by atoms with E-state index >= 15 is 0 Å². The van der Waals surface area contributed by atoms with Crippen LogP contribution < -0.4 is 10.1 Å². The van der Waals surface area contributed by atoms with Crippen LogP contribution in [-0.2, 0) is 14.3 Å². The van der Waals surface area contributed by atoms with E-state index in [-0.39, 0.29) is 16.5 Å². The normalized spacial score (nSPS) is 11.4. The molecule has 8 nitrogen and oxygen atoms in total. The van der Waals surface area contributed by atoms with Gasteiger partial charge in [-0.05, 0) is 31.2 Å². The van der Waals surface area contributed by atoms with Crippen LogP contribution in [0.25, 0.3) is 0 Å². The van der Waals surface area contributed by atoms with Crippen LogP contribution in [0.2, 0.25) is 10.0 Å². The van der Waals surface area contributed by atoms with Crippen LogP contribution in [0.15, 0.2) is 42.5 Å². The van der Waals surface area contributed by atoms with Crippen molar-refractivity contribution in [3.05, 3.63) is 62.6 Å². The Hall–Kier alpha value is -2.84. The molecule has 0 aliphatic heterocycles. The number of para-hydroxylation sites is 2. The molecule has 142 valence electrons. The quantitative estimate of drug-likeness (QED) is 0.420. The summed E-state index contributed by atoms with van der Waals surface area (Å²) in [5.41, 5.74) is 0.0265. The zero-order valence-corrected chi connectivity index (χ0v) is 15.5. The molecule has 0 bridgehead atoms. The van der Waals surface area contributed by atoms with E-state index in [0.29, 0.717) is 10.7 Å². The molecule has 0 saturated heterocycles. The molecule has 0 spiro atoms. The van der Waals surface area contributed by atoms with Crippen molar-refractivity contribution in [2.75, 3.05) is 11.9 Å². The van der Waals surface area contributed by atoms with Gasteiger partial charge >= 0.3 is 11.7 Å². The average molecular weight is 413 g/mol. The van der Waals surface area contributed by atoms with E-state index in [1.807, 2.05) is 0 Å². The van der Waals surface area contributed by atoms with Gasteiger partial charge in [0.25, 0.3) is 5.91 Å². The Morgan fingerprint density at radius 1 is 1.22 bits per heavy atom. The summed E-state index contributed by atoms with van der Waals surface area (Å²) in [5.74, 6) is -1.55. The second-order valence-corrected chi connectivity index (χ2v) is 6.10. The van der Waals surface area contributed by atoms with Gasteiger partial charge in [-0.15, -0.1) is 0 Å². The number of benzene rings is 2. The van der Waals surface area contributed by atoms with Gasteiger partial charge in [0.1, 0.15) is 0 Å². The van der Waals surface area contributed by atoms with Gasteiger partial charge in [-0.1, -0.05) is 35.3 Å². The molecule has 2 aromatic carbocycles. The van der Waals surface area contributed by atoms with Crippen molar-refractivity contribution in [1.29, 1.82) is 0 Å². The second kappa shape index (κ2) is 9.20. The highest BCUT2D eigenvalue weighted by atomic mass is 35.5. The third-order valence-electron chi connectivity index (χ3n) is 3.27. The molecule has 27 heavy (non-hydrogen) atoms. The summed E-state index contributed by atoms with van der Waals surface area (Å²) < 4.78 is 10.1. The lowest BCUT2D eigenvalue weighted by molar-refractivity contribution is -0.385. The van der Waals surface area contributed by atoms with Gasteiger partial charge in [-0.3, -0.25) is 14.9 Å². The molecular weight excluding hydrogens is 399 g/mol. The Morgan fingerprint density at radius 3 is 2.59 bits per heavy atom. The van der Waals surface area contributed by atoms with E-state index in [1.165, 1.54) is 43.3 Å².